The van der Waals surface area contributed by atoms with Gasteiger partial charge in [0.25, 0.3) is 0 Å². The van der Waals surface area contributed by atoms with Gasteiger partial charge in [0.15, 0.2) is 0 Å². The lowest BCUT2D eigenvalue weighted by atomic mass is 9.99. The number of rotatable bonds is 4. The van der Waals surface area contributed by atoms with Gasteiger partial charge in [-0.2, -0.15) is 0 Å². The summed E-state index contributed by atoms with van der Waals surface area (Å²) in [7, 11) is 0. The second-order valence-electron chi connectivity index (χ2n) is 5.44. The van der Waals surface area contributed by atoms with Crippen molar-refractivity contribution >= 4 is 11.6 Å². The second-order valence-corrected chi connectivity index (χ2v) is 5.44. The number of fused-ring (bicyclic) bond motifs is 1. The summed E-state index contributed by atoms with van der Waals surface area (Å²) >= 11 is 0. The van der Waals surface area contributed by atoms with Crippen LogP contribution in [0.3, 0.4) is 0 Å². The van der Waals surface area contributed by atoms with Gasteiger partial charge in [-0.05, 0) is 36.6 Å². The van der Waals surface area contributed by atoms with Crippen LogP contribution >= 0.6 is 0 Å². The molecule has 2 aromatic rings. The minimum atomic E-state index is -4.67. The molecule has 0 saturated heterocycles. The molecule has 5 nitrogen and oxygen atoms in total. The summed E-state index contributed by atoms with van der Waals surface area (Å²) < 4.78 is 40.9. The van der Waals surface area contributed by atoms with Gasteiger partial charge in [-0.15, -0.1) is 13.2 Å². The first-order chi connectivity index (χ1) is 11.4. The van der Waals surface area contributed by atoms with Crippen molar-refractivity contribution in [3.63, 3.8) is 0 Å². The number of nitrogens with zero attached hydrogens (tertiary/aromatic N) is 3. The lowest BCUT2D eigenvalue weighted by Gasteiger charge is -2.30. The Bertz CT molecular complexity index is 721. The number of anilines is 2. The zero-order valence-corrected chi connectivity index (χ0v) is 13.1. The molecule has 0 fully saturated rings. The van der Waals surface area contributed by atoms with Gasteiger partial charge in [0.05, 0.1) is 0 Å². The molecule has 1 aromatic carbocycles. The van der Waals surface area contributed by atoms with Crippen LogP contribution in [0.25, 0.3) is 0 Å². The van der Waals surface area contributed by atoms with Crippen LogP contribution < -0.4 is 15.0 Å². The lowest BCUT2D eigenvalue weighted by molar-refractivity contribution is -0.274. The van der Waals surface area contributed by atoms with Gasteiger partial charge < -0.3 is 15.0 Å². The molecule has 0 radical (unpaired) electrons. The van der Waals surface area contributed by atoms with E-state index in [1.165, 1.54) is 18.5 Å². The van der Waals surface area contributed by atoms with E-state index in [9.17, 15) is 13.2 Å². The minimum absolute atomic E-state index is 0.175. The van der Waals surface area contributed by atoms with Crippen molar-refractivity contribution in [1.82, 2.24) is 9.97 Å². The van der Waals surface area contributed by atoms with Gasteiger partial charge >= 0.3 is 6.36 Å². The number of ether oxygens (including phenoxy) is 1. The van der Waals surface area contributed by atoms with Crippen molar-refractivity contribution in [3.05, 3.63) is 41.7 Å². The normalized spacial score (nSPS) is 14.2. The van der Waals surface area contributed by atoms with Gasteiger partial charge in [0, 0.05) is 25.7 Å². The number of nitrogens with one attached hydrogen (secondary N) is 1. The fourth-order valence-corrected chi connectivity index (χ4v) is 2.72. The fourth-order valence-electron chi connectivity index (χ4n) is 2.72. The Morgan fingerprint density at radius 3 is 2.79 bits per heavy atom. The van der Waals surface area contributed by atoms with Crippen molar-refractivity contribution < 1.29 is 17.9 Å². The number of halogens is 3. The molecule has 128 valence electrons. The molecule has 0 spiro atoms. The first-order valence-corrected chi connectivity index (χ1v) is 7.63. The van der Waals surface area contributed by atoms with E-state index in [1.807, 2.05) is 13.0 Å². The summed E-state index contributed by atoms with van der Waals surface area (Å²) in [6.45, 7) is 4.01. The maximum atomic E-state index is 12.3. The maximum absolute atomic E-state index is 12.3. The quantitative estimate of drug-likeness (QED) is 0.926. The predicted octanol–water partition coefficient (Wildman–Crippen LogP) is 3.37. The number of benzene rings is 1. The summed E-state index contributed by atoms with van der Waals surface area (Å²) in [6, 6.07) is 6.36. The zero-order valence-electron chi connectivity index (χ0n) is 13.1. The molecule has 0 unspecified atom stereocenters. The standard InChI is InChI=1S/C16H17F3N4O/c1-2-20-14-8-15(22-10-21-14)23-6-5-11-7-13(24-16(17,18)19)4-3-12(11)9-23/h3-4,7-8,10H,2,5-6,9H2,1H3,(H,20,21,22). The maximum Gasteiger partial charge on any atom is 0.573 e. The van der Waals surface area contributed by atoms with Crippen LogP contribution in [0, 0.1) is 0 Å². The SMILES string of the molecule is CCNc1cc(N2CCc3cc(OC(F)(F)F)ccc3C2)ncn1. The van der Waals surface area contributed by atoms with Crippen molar-refractivity contribution in [3.8, 4) is 5.75 Å². The van der Waals surface area contributed by atoms with E-state index in [2.05, 4.69) is 24.9 Å². The molecule has 1 N–H and O–H groups in total. The highest BCUT2D eigenvalue weighted by Crippen LogP contribution is 2.29. The number of aromatic nitrogens is 2. The van der Waals surface area contributed by atoms with E-state index in [-0.39, 0.29) is 5.75 Å². The molecule has 1 aliphatic heterocycles. The monoisotopic (exact) mass is 338 g/mol. The van der Waals surface area contributed by atoms with Gasteiger partial charge in [-0.3, -0.25) is 0 Å². The van der Waals surface area contributed by atoms with Crippen molar-refractivity contribution in [2.24, 2.45) is 0 Å². The molecule has 0 bridgehead atoms. The molecular formula is C16H17F3N4O. The first kappa shape index (κ1) is 16.4. The van der Waals surface area contributed by atoms with E-state index in [0.29, 0.717) is 19.5 Å². The Morgan fingerprint density at radius 2 is 2.04 bits per heavy atom. The van der Waals surface area contributed by atoms with E-state index >= 15 is 0 Å². The molecule has 24 heavy (non-hydrogen) atoms. The zero-order chi connectivity index (χ0) is 17.2. The Kier molecular flexibility index (Phi) is 4.46. The van der Waals surface area contributed by atoms with Crippen LogP contribution in [-0.4, -0.2) is 29.4 Å². The van der Waals surface area contributed by atoms with E-state index < -0.39 is 6.36 Å². The van der Waals surface area contributed by atoms with Crippen LogP contribution in [0.2, 0.25) is 0 Å². The van der Waals surface area contributed by atoms with E-state index in [4.69, 9.17) is 0 Å². The van der Waals surface area contributed by atoms with Crippen molar-refractivity contribution in [2.75, 3.05) is 23.3 Å². The highest BCUT2D eigenvalue weighted by atomic mass is 19.4. The van der Waals surface area contributed by atoms with Gasteiger partial charge in [-0.1, -0.05) is 6.07 Å². The molecule has 0 aliphatic carbocycles. The summed E-state index contributed by atoms with van der Waals surface area (Å²) in [6.07, 6.45) is -2.54. The number of hydrogen-bond donors (Lipinski definition) is 1. The second kappa shape index (κ2) is 6.54. The van der Waals surface area contributed by atoms with Gasteiger partial charge in [-0.25, -0.2) is 9.97 Å². The molecule has 0 atom stereocenters. The topological polar surface area (TPSA) is 50.3 Å². The molecule has 1 aromatic heterocycles. The van der Waals surface area contributed by atoms with Crippen LogP contribution in [0.1, 0.15) is 18.1 Å². The average molecular weight is 338 g/mol. The molecule has 0 saturated carbocycles. The largest absolute Gasteiger partial charge is 0.573 e. The molecule has 0 amide bonds. The van der Waals surface area contributed by atoms with Crippen LogP contribution in [-0.2, 0) is 13.0 Å². The molecule has 8 heteroatoms. The van der Waals surface area contributed by atoms with Gasteiger partial charge in [0.1, 0.15) is 23.7 Å². The summed E-state index contributed by atoms with van der Waals surface area (Å²) in [5.74, 6) is 1.37. The molecular weight excluding hydrogens is 321 g/mol. The third-order valence-electron chi connectivity index (χ3n) is 3.76. The first-order valence-electron chi connectivity index (χ1n) is 7.63. The van der Waals surface area contributed by atoms with Crippen LogP contribution in [0.15, 0.2) is 30.6 Å². The number of alkyl halides is 3. The van der Waals surface area contributed by atoms with Crippen molar-refractivity contribution in [1.29, 1.82) is 0 Å². The molecule has 1 aliphatic rings. The summed E-state index contributed by atoms with van der Waals surface area (Å²) in [5, 5.41) is 3.13. The van der Waals surface area contributed by atoms with Crippen LogP contribution in [0.5, 0.6) is 5.75 Å². The Balaban J connectivity index is 1.76. The predicted molar refractivity (Wildman–Crippen MR) is 84.1 cm³/mol. The third kappa shape index (κ3) is 3.87. The highest BCUT2D eigenvalue weighted by molar-refractivity contribution is 5.51. The Labute approximate surface area is 137 Å². The fraction of sp³-hybridized carbons (Fsp3) is 0.375. The van der Waals surface area contributed by atoms with Gasteiger partial charge in [0.2, 0.25) is 0 Å². The van der Waals surface area contributed by atoms with Crippen molar-refractivity contribution in [2.45, 2.75) is 26.3 Å². The number of hydrogen-bond acceptors (Lipinski definition) is 5. The lowest BCUT2D eigenvalue weighted by Crippen LogP contribution is -2.31. The Hall–Kier alpha value is -2.51. The van der Waals surface area contributed by atoms with Crippen LogP contribution in [0.4, 0.5) is 24.8 Å². The van der Waals surface area contributed by atoms with E-state index in [0.717, 1.165) is 29.3 Å². The molecule has 3 rings (SSSR count). The minimum Gasteiger partial charge on any atom is -0.406 e. The average Bonchev–Trinajstić information content (AvgIpc) is 2.53. The summed E-state index contributed by atoms with van der Waals surface area (Å²) in [4.78, 5) is 10.5. The van der Waals surface area contributed by atoms with E-state index in [1.54, 1.807) is 6.07 Å². The summed E-state index contributed by atoms with van der Waals surface area (Å²) in [5.41, 5.74) is 1.84. The third-order valence-corrected chi connectivity index (χ3v) is 3.76. The molecule has 2 heterocycles. The smallest absolute Gasteiger partial charge is 0.406 e. The highest BCUT2D eigenvalue weighted by Gasteiger charge is 2.31. The Morgan fingerprint density at radius 1 is 1.21 bits per heavy atom.